The van der Waals surface area contributed by atoms with Crippen molar-refractivity contribution in [2.45, 2.75) is 65.2 Å². The van der Waals surface area contributed by atoms with Gasteiger partial charge in [0.1, 0.15) is 11.3 Å². The lowest BCUT2D eigenvalue weighted by molar-refractivity contribution is -0.178. The van der Waals surface area contributed by atoms with Crippen LogP contribution in [0.4, 0.5) is 0 Å². The Bertz CT molecular complexity index is 1390. The van der Waals surface area contributed by atoms with Crippen LogP contribution in [0.1, 0.15) is 67.1 Å². The molecule has 7 nitrogen and oxygen atoms in total. The number of pyridine rings is 1. The van der Waals surface area contributed by atoms with Crippen molar-refractivity contribution in [3.63, 3.8) is 0 Å². The molecular formula is C30H36ClNO6. The van der Waals surface area contributed by atoms with Crippen molar-refractivity contribution in [1.29, 1.82) is 0 Å². The molecule has 4 rings (SSSR count). The number of hydrogen-bond acceptors (Lipinski definition) is 5. The second kappa shape index (κ2) is 11.5. The van der Waals surface area contributed by atoms with E-state index in [1.54, 1.807) is 13.2 Å². The zero-order valence-corrected chi connectivity index (χ0v) is 23.4. The van der Waals surface area contributed by atoms with E-state index in [2.05, 4.69) is 13.8 Å². The summed E-state index contributed by atoms with van der Waals surface area (Å²) in [7, 11) is 1.59. The van der Waals surface area contributed by atoms with Crippen LogP contribution >= 0.6 is 11.6 Å². The normalized spacial score (nSPS) is 17.5. The first kappa shape index (κ1) is 28.1. The van der Waals surface area contributed by atoms with Gasteiger partial charge in [-0.1, -0.05) is 37.6 Å². The van der Waals surface area contributed by atoms with Gasteiger partial charge in [-0.05, 0) is 67.9 Å². The minimum Gasteiger partial charge on any atom is -0.496 e. The van der Waals surface area contributed by atoms with E-state index >= 15 is 0 Å². The number of halogens is 1. The Hall–Kier alpha value is -2.87. The summed E-state index contributed by atoms with van der Waals surface area (Å²) >= 11 is 6.35. The second-order valence-corrected chi connectivity index (χ2v) is 11.0. The molecule has 0 spiro atoms. The number of ether oxygens (including phenoxy) is 3. The Labute approximate surface area is 228 Å². The molecule has 0 saturated carbocycles. The van der Waals surface area contributed by atoms with Crippen molar-refractivity contribution in [3.8, 4) is 5.75 Å². The van der Waals surface area contributed by atoms with E-state index in [4.69, 9.17) is 25.8 Å². The van der Waals surface area contributed by atoms with Gasteiger partial charge in [0.05, 0.1) is 24.8 Å². The Balaban J connectivity index is 1.89. The fourth-order valence-corrected chi connectivity index (χ4v) is 5.16. The van der Waals surface area contributed by atoms with Gasteiger partial charge in [0.2, 0.25) is 5.43 Å². The summed E-state index contributed by atoms with van der Waals surface area (Å²) in [6, 6.07) is 9.29. The number of carboxylic acid groups (broad SMARTS) is 1. The van der Waals surface area contributed by atoms with Crippen molar-refractivity contribution in [3.05, 3.63) is 74.0 Å². The maximum atomic E-state index is 13.4. The predicted molar refractivity (Wildman–Crippen MR) is 149 cm³/mol. The number of hydrogen-bond donors (Lipinski definition) is 1. The topological polar surface area (TPSA) is 87.0 Å². The van der Waals surface area contributed by atoms with Gasteiger partial charge >= 0.3 is 5.97 Å². The number of aromatic nitrogens is 1. The average molecular weight is 542 g/mol. The Morgan fingerprint density at radius 1 is 1.26 bits per heavy atom. The Morgan fingerprint density at radius 2 is 2.03 bits per heavy atom. The third-order valence-electron chi connectivity index (χ3n) is 7.89. The van der Waals surface area contributed by atoms with Gasteiger partial charge in [-0.2, -0.15) is 0 Å². The van der Waals surface area contributed by atoms with E-state index in [9.17, 15) is 14.7 Å². The van der Waals surface area contributed by atoms with Crippen molar-refractivity contribution < 1.29 is 24.1 Å². The summed E-state index contributed by atoms with van der Waals surface area (Å²) in [5.74, 6) is -0.620. The predicted octanol–water partition coefficient (Wildman–Crippen LogP) is 6.18. The molecule has 2 atom stereocenters. The van der Waals surface area contributed by atoms with Crippen LogP contribution < -0.4 is 10.2 Å². The molecule has 1 saturated heterocycles. The first-order chi connectivity index (χ1) is 18.1. The summed E-state index contributed by atoms with van der Waals surface area (Å²) < 4.78 is 19.6. The smallest absolute Gasteiger partial charge is 0.341 e. The molecular weight excluding hydrogens is 506 g/mol. The van der Waals surface area contributed by atoms with Gasteiger partial charge in [0.25, 0.3) is 0 Å². The van der Waals surface area contributed by atoms with Crippen molar-refractivity contribution in [2.24, 2.45) is 5.92 Å². The molecule has 0 bridgehead atoms. The van der Waals surface area contributed by atoms with E-state index < -0.39 is 16.9 Å². The SMILES string of the molecule is COc1cc2c(cc1Cc1cccc(Cl)c1C)c(=O)c(C(=O)O)cn2C(C)(COC1CCCCO1)C(C)C. The van der Waals surface area contributed by atoms with Crippen LogP contribution in [-0.2, 0) is 21.4 Å². The van der Waals surface area contributed by atoms with E-state index in [0.717, 1.165) is 36.0 Å². The van der Waals surface area contributed by atoms with Gasteiger partial charge in [-0.15, -0.1) is 0 Å². The lowest BCUT2D eigenvalue weighted by Gasteiger charge is -2.39. The molecule has 1 fully saturated rings. The molecule has 2 aromatic carbocycles. The number of carbonyl (C=O) groups is 1. The summed E-state index contributed by atoms with van der Waals surface area (Å²) in [6.07, 6.45) is 4.50. The highest BCUT2D eigenvalue weighted by Crippen LogP contribution is 2.35. The number of carboxylic acids is 1. The summed E-state index contributed by atoms with van der Waals surface area (Å²) in [5.41, 5.74) is 1.82. The molecule has 1 aliphatic rings. The number of nitrogens with zero attached hydrogens (tertiary/aromatic N) is 1. The lowest BCUT2D eigenvalue weighted by atomic mass is 9.87. The number of rotatable bonds is 9. The quantitative estimate of drug-likeness (QED) is 0.348. The molecule has 1 aliphatic heterocycles. The molecule has 3 aromatic rings. The van der Waals surface area contributed by atoms with Gasteiger partial charge in [0, 0.05) is 35.7 Å². The molecule has 2 heterocycles. The molecule has 1 N–H and O–H groups in total. The van der Waals surface area contributed by atoms with Crippen molar-refractivity contribution in [1.82, 2.24) is 4.57 Å². The van der Waals surface area contributed by atoms with Crippen molar-refractivity contribution >= 4 is 28.5 Å². The number of aromatic carboxylic acids is 1. The van der Waals surface area contributed by atoms with Crippen LogP contribution in [0.5, 0.6) is 5.75 Å². The largest absolute Gasteiger partial charge is 0.496 e. The third-order valence-corrected chi connectivity index (χ3v) is 8.30. The number of fused-ring (bicyclic) bond motifs is 1. The molecule has 2 unspecified atom stereocenters. The lowest BCUT2D eigenvalue weighted by Crippen LogP contribution is -2.43. The van der Waals surface area contributed by atoms with Gasteiger partial charge < -0.3 is 23.9 Å². The molecule has 38 heavy (non-hydrogen) atoms. The van der Waals surface area contributed by atoms with Crippen molar-refractivity contribution in [2.75, 3.05) is 20.3 Å². The second-order valence-electron chi connectivity index (χ2n) is 10.5. The minimum absolute atomic E-state index is 0.0400. The van der Waals surface area contributed by atoms with Crippen LogP contribution in [0, 0.1) is 12.8 Å². The number of methoxy groups -OCH3 is 1. The maximum absolute atomic E-state index is 13.4. The minimum atomic E-state index is -1.27. The highest BCUT2D eigenvalue weighted by atomic mass is 35.5. The Morgan fingerprint density at radius 3 is 2.66 bits per heavy atom. The van der Waals surface area contributed by atoms with E-state index in [1.165, 1.54) is 6.20 Å². The molecule has 0 aliphatic carbocycles. The highest BCUT2D eigenvalue weighted by molar-refractivity contribution is 6.31. The fourth-order valence-electron chi connectivity index (χ4n) is 4.97. The van der Waals surface area contributed by atoms with Gasteiger partial charge in [-0.25, -0.2) is 4.79 Å². The molecule has 1 aromatic heterocycles. The van der Waals surface area contributed by atoms with Crippen LogP contribution in [-0.4, -0.2) is 42.3 Å². The van der Waals surface area contributed by atoms with Crippen LogP contribution in [0.2, 0.25) is 5.02 Å². The Kier molecular flexibility index (Phi) is 8.50. The summed E-state index contributed by atoms with van der Waals surface area (Å²) in [6.45, 7) is 9.04. The zero-order valence-electron chi connectivity index (χ0n) is 22.7. The highest BCUT2D eigenvalue weighted by Gasteiger charge is 2.35. The first-order valence-electron chi connectivity index (χ1n) is 13.0. The summed E-state index contributed by atoms with van der Waals surface area (Å²) in [4.78, 5) is 25.6. The van der Waals surface area contributed by atoms with Crippen LogP contribution in [0.25, 0.3) is 10.9 Å². The molecule has 0 radical (unpaired) electrons. The standard InChI is InChI=1S/C30H36ClNO6/c1-18(2)30(4,17-38-27-11-6-7-12-37-27)32-16-23(29(34)35)28(33)22-14-21(26(36-5)15-25(22)32)13-20-9-8-10-24(31)19(20)3/h8-10,14-16,18,27H,6-7,11-13,17H2,1-5H3,(H,34,35). The van der Waals surface area contributed by atoms with E-state index in [0.29, 0.717) is 34.7 Å². The molecule has 8 heteroatoms. The fraction of sp³-hybridized carbons (Fsp3) is 0.467. The molecule has 0 amide bonds. The third kappa shape index (κ3) is 5.46. The first-order valence-corrected chi connectivity index (χ1v) is 13.4. The summed E-state index contributed by atoms with van der Waals surface area (Å²) in [5, 5.41) is 10.9. The van der Waals surface area contributed by atoms with Crippen LogP contribution in [0.15, 0.2) is 41.3 Å². The van der Waals surface area contributed by atoms with Gasteiger partial charge in [0.15, 0.2) is 6.29 Å². The number of benzene rings is 2. The average Bonchev–Trinajstić information content (AvgIpc) is 2.90. The maximum Gasteiger partial charge on any atom is 0.341 e. The molecule has 204 valence electrons. The van der Waals surface area contributed by atoms with Gasteiger partial charge in [-0.3, -0.25) is 4.79 Å². The van der Waals surface area contributed by atoms with E-state index in [-0.39, 0.29) is 24.4 Å². The monoisotopic (exact) mass is 541 g/mol. The zero-order chi connectivity index (χ0) is 27.6. The van der Waals surface area contributed by atoms with Crippen LogP contribution in [0.3, 0.4) is 0 Å². The van der Waals surface area contributed by atoms with E-state index in [1.807, 2.05) is 42.7 Å².